The topological polar surface area (TPSA) is 128 Å². The quantitative estimate of drug-likeness (QED) is 0.278. The second kappa shape index (κ2) is 12.8. The van der Waals surface area contributed by atoms with Crippen LogP contribution < -0.4 is 10.2 Å². The molecule has 0 unspecified atom stereocenters. The molecule has 2 aromatic carbocycles. The van der Waals surface area contributed by atoms with Gasteiger partial charge in [0.1, 0.15) is 6.04 Å². The van der Waals surface area contributed by atoms with Crippen LogP contribution in [-0.4, -0.2) is 89.6 Å². The van der Waals surface area contributed by atoms with Crippen molar-refractivity contribution in [2.45, 2.75) is 19.0 Å². The number of hydrogen-bond acceptors (Lipinski definition) is 9. The lowest BCUT2D eigenvalue weighted by molar-refractivity contribution is -0.136. The standard InChI is InChI=1S/C32H30F2N6O5S/c1-18-22(8-9-23(33)27(18)34)28-26(31(43)45-2)24(36-29(37-28)30-35-11-14-46-30)17-38-12-13-39-21(15-38)16-40(32(39)44)20-6-3-19(4-7-20)5-10-25(41)42/h3-11,14,21,28H,12-13,15-17H2,1-2H3,(H,36,37)(H,41,42)/b10-5+/t21-,28-/m0/s1. The van der Waals surface area contributed by atoms with Crippen LogP contribution in [0.5, 0.6) is 0 Å². The molecular formula is C32H30F2N6O5S. The van der Waals surface area contributed by atoms with Crippen LogP contribution in [0.1, 0.15) is 27.7 Å². The molecule has 0 spiro atoms. The minimum absolute atomic E-state index is 0.0407. The predicted molar refractivity (Wildman–Crippen MR) is 167 cm³/mol. The molecule has 11 nitrogen and oxygen atoms in total. The molecule has 4 heterocycles. The Bertz CT molecular complexity index is 1780. The number of methoxy groups -OCH3 is 1. The van der Waals surface area contributed by atoms with E-state index in [0.29, 0.717) is 59.5 Å². The van der Waals surface area contributed by atoms with Crippen molar-refractivity contribution in [1.82, 2.24) is 20.1 Å². The highest BCUT2D eigenvalue weighted by Crippen LogP contribution is 2.36. The second-order valence-electron chi connectivity index (χ2n) is 11.0. The Balaban J connectivity index is 1.27. The van der Waals surface area contributed by atoms with Crippen LogP contribution in [-0.2, 0) is 14.3 Å². The smallest absolute Gasteiger partial charge is 0.338 e. The lowest BCUT2D eigenvalue weighted by Crippen LogP contribution is -2.53. The Hall–Kier alpha value is -4.95. The Morgan fingerprint density at radius 3 is 2.63 bits per heavy atom. The van der Waals surface area contributed by atoms with Crippen molar-refractivity contribution in [3.05, 3.63) is 98.7 Å². The number of ether oxygens (including phenoxy) is 1. The summed E-state index contributed by atoms with van der Waals surface area (Å²) in [5.41, 5.74) is 2.46. The molecule has 3 aliphatic rings. The molecule has 2 N–H and O–H groups in total. The van der Waals surface area contributed by atoms with E-state index in [0.717, 1.165) is 12.1 Å². The predicted octanol–water partition coefficient (Wildman–Crippen LogP) is 3.97. The fraction of sp³-hybridized carbons (Fsp3) is 0.281. The summed E-state index contributed by atoms with van der Waals surface area (Å²) in [6, 6.07) is 8.32. The highest BCUT2D eigenvalue weighted by Gasteiger charge is 2.42. The number of aliphatic carboxylic acids is 1. The molecule has 0 bridgehead atoms. The van der Waals surface area contributed by atoms with E-state index in [-0.39, 0.29) is 29.8 Å². The number of fused-ring (bicyclic) bond motifs is 1. The molecule has 2 fully saturated rings. The number of nitrogens with one attached hydrogen (secondary N) is 1. The van der Waals surface area contributed by atoms with Crippen molar-refractivity contribution < 1.29 is 33.0 Å². The Kier molecular flexibility index (Phi) is 8.65. The summed E-state index contributed by atoms with van der Waals surface area (Å²) in [5, 5.41) is 14.5. The van der Waals surface area contributed by atoms with Gasteiger partial charge in [0.2, 0.25) is 0 Å². The van der Waals surface area contributed by atoms with Gasteiger partial charge in [0.15, 0.2) is 22.5 Å². The summed E-state index contributed by atoms with van der Waals surface area (Å²) in [7, 11) is 1.26. The number of hydrogen-bond donors (Lipinski definition) is 2. The highest BCUT2D eigenvalue weighted by molar-refractivity contribution is 7.11. The molecule has 0 radical (unpaired) electrons. The van der Waals surface area contributed by atoms with Gasteiger partial charge in [0.25, 0.3) is 0 Å². The van der Waals surface area contributed by atoms with Gasteiger partial charge in [-0.2, -0.15) is 0 Å². The van der Waals surface area contributed by atoms with E-state index in [4.69, 9.17) is 14.8 Å². The lowest BCUT2D eigenvalue weighted by atomic mass is 9.92. The van der Waals surface area contributed by atoms with Crippen molar-refractivity contribution >= 4 is 46.9 Å². The minimum atomic E-state index is -1.04. The van der Waals surface area contributed by atoms with Crippen molar-refractivity contribution in [3.63, 3.8) is 0 Å². The van der Waals surface area contributed by atoms with E-state index in [2.05, 4.69) is 15.2 Å². The number of carbonyl (C=O) groups is 3. The fourth-order valence-electron chi connectivity index (χ4n) is 6.00. The number of benzene rings is 2. The molecule has 6 rings (SSSR count). The van der Waals surface area contributed by atoms with Gasteiger partial charge in [-0.15, -0.1) is 11.3 Å². The number of anilines is 1. The number of carbonyl (C=O) groups excluding carboxylic acids is 2. The molecule has 2 atom stereocenters. The molecule has 46 heavy (non-hydrogen) atoms. The van der Waals surface area contributed by atoms with E-state index in [9.17, 15) is 23.2 Å². The lowest BCUT2D eigenvalue weighted by Gasteiger charge is -2.38. The number of amides is 2. The van der Waals surface area contributed by atoms with E-state index < -0.39 is 29.6 Å². The first kappa shape index (κ1) is 31.0. The fourth-order valence-corrected chi connectivity index (χ4v) is 6.58. The van der Waals surface area contributed by atoms with Crippen LogP contribution in [0.15, 0.2) is 70.3 Å². The number of rotatable bonds is 8. The second-order valence-corrected chi connectivity index (χ2v) is 11.9. The van der Waals surface area contributed by atoms with Crippen molar-refractivity contribution in [2.75, 3.05) is 44.7 Å². The molecule has 0 aliphatic carbocycles. The third-order valence-corrected chi connectivity index (χ3v) is 9.06. The molecular weight excluding hydrogens is 618 g/mol. The largest absolute Gasteiger partial charge is 0.478 e. The van der Waals surface area contributed by atoms with Gasteiger partial charge >= 0.3 is 18.0 Å². The van der Waals surface area contributed by atoms with Gasteiger partial charge in [-0.1, -0.05) is 18.2 Å². The number of piperazine rings is 1. The first-order chi connectivity index (χ1) is 22.1. The number of aliphatic imine (C=N–C) groups is 1. The number of aromatic nitrogens is 1. The normalized spacial score (nSPS) is 20.2. The maximum Gasteiger partial charge on any atom is 0.338 e. The zero-order chi connectivity index (χ0) is 32.5. The number of urea groups is 1. The maximum absolute atomic E-state index is 14.7. The number of amidine groups is 1. The first-order valence-electron chi connectivity index (χ1n) is 14.5. The summed E-state index contributed by atoms with van der Waals surface area (Å²) in [5.74, 6) is -3.30. The number of nitrogens with zero attached hydrogens (tertiary/aromatic N) is 5. The summed E-state index contributed by atoms with van der Waals surface area (Å²) in [6.45, 7) is 3.66. The van der Waals surface area contributed by atoms with Gasteiger partial charge in [0.05, 0.1) is 18.7 Å². The third-order valence-electron chi connectivity index (χ3n) is 8.28. The number of thiazole rings is 1. The molecule has 2 amide bonds. The molecule has 0 saturated carbocycles. The Morgan fingerprint density at radius 1 is 1.15 bits per heavy atom. The molecule has 1 aromatic heterocycles. The minimum Gasteiger partial charge on any atom is -0.478 e. The SMILES string of the molecule is COC(=O)C1=C(CN2CCN3C(=O)N(c4ccc(/C=C/C(=O)O)cc4)C[C@@H]3C2)NC(c2nccs2)=N[C@H]1c1ccc(F)c(F)c1C. The van der Waals surface area contributed by atoms with Crippen LogP contribution in [0.2, 0.25) is 0 Å². The van der Waals surface area contributed by atoms with E-state index >= 15 is 0 Å². The van der Waals surface area contributed by atoms with Crippen molar-refractivity contribution in [3.8, 4) is 0 Å². The van der Waals surface area contributed by atoms with Crippen molar-refractivity contribution in [2.24, 2.45) is 4.99 Å². The zero-order valence-electron chi connectivity index (χ0n) is 24.9. The number of esters is 1. The summed E-state index contributed by atoms with van der Waals surface area (Å²) in [6.07, 6.45) is 4.17. The average molecular weight is 649 g/mol. The van der Waals surface area contributed by atoms with E-state index in [1.54, 1.807) is 40.7 Å². The molecule has 3 aromatic rings. The highest BCUT2D eigenvalue weighted by atomic mass is 32.1. The van der Waals surface area contributed by atoms with Gasteiger partial charge in [-0.05, 0) is 47.9 Å². The van der Waals surface area contributed by atoms with Gasteiger partial charge in [-0.3, -0.25) is 14.8 Å². The summed E-state index contributed by atoms with van der Waals surface area (Å²) in [4.78, 5) is 52.3. The molecule has 2 saturated heterocycles. The van der Waals surface area contributed by atoms with Crippen molar-refractivity contribution in [1.29, 1.82) is 0 Å². The van der Waals surface area contributed by atoms with Crippen LogP contribution in [0.3, 0.4) is 0 Å². The van der Waals surface area contributed by atoms with Gasteiger partial charge in [0, 0.05) is 61.8 Å². The molecule has 14 heteroatoms. The van der Waals surface area contributed by atoms with Crippen LogP contribution in [0.25, 0.3) is 6.08 Å². The van der Waals surface area contributed by atoms with Gasteiger partial charge in [-0.25, -0.2) is 28.1 Å². The van der Waals surface area contributed by atoms with Crippen LogP contribution in [0, 0.1) is 18.6 Å². The molecule has 3 aliphatic heterocycles. The van der Waals surface area contributed by atoms with E-state index in [1.807, 2.05) is 4.90 Å². The van der Waals surface area contributed by atoms with Crippen LogP contribution >= 0.6 is 11.3 Å². The maximum atomic E-state index is 14.7. The number of halogens is 2. The van der Waals surface area contributed by atoms with Gasteiger partial charge < -0.3 is 20.1 Å². The first-order valence-corrected chi connectivity index (χ1v) is 15.3. The summed E-state index contributed by atoms with van der Waals surface area (Å²) < 4.78 is 34.0. The zero-order valence-corrected chi connectivity index (χ0v) is 25.8. The Morgan fingerprint density at radius 2 is 1.93 bits per heavy atom. The number of carboxylic acid groups (broad SMARTS) is 1. The Labute approximate surface area is 267 Å². The van der Waals surface area contributed by atoms with Crippen LogP contribution in [0.4, 0.5) is 19.3 Å². The third kappa shape index (κ3) is 6.00. The molecule has 238 valence electrons. The monoisotopic (exact) mass is 648 g/mol. The van der Waals surface area contributed by atoms with E-state index in [1.165, 1.54) is 37.5 Å². The number of carboxylic acids is 1. The summed E-state index contributed by atoms with van der Waals surface area (Å²) >= 11 is 1.35. The average Bonchev–Trinajstić information content (AvgIpc) is 3.71.